The van der Waals surface area contributed by atoms with Crippen molar-refractivity contribution in [2.75, 3.05) is 20.3 Å². The average Bonchev–Trinajstić information content (AvgIpc) is 2.38. The Morgan fingerprint density at radius 2 is 2.12 bits per heavy atom. The van der Waals surface area contributed by atoms with Crippen LogP contribution in [0.25, 0.3) is 0 Å². The summed E-state index contributed by atoms with van der Waals surface area (Å²) in [5, 5.41) is 7.22. The molecule has 2 rings (SSSR count). The van der Waals surface area contributed by atoms with Gasteiger partial charge in [-0.1, -0.05) is 0 Å². The van der Waals surface area contributed by atoms with Gasteiger partial charge in [-0.3, -0.25) is 5.43 Å². The molecule has 0 saturated heterocycles. The summed E-state index contributed by atoms with van der Waals surface area (Å²) in [6, 6.07) is 5.65. The summed E-state index contributed by atoms with van der Waals surface area (Å²) in [6.07, 6.45) is 1.67. The van der Waals surface area contributed by atoms with E-state index in [0.29, 0.717) is 18.3 Å². The first-order valence-corrected chi connectivity index (χ1v) is 5.61. The highest BCUT2D eigenvalue weighted by Gasteiger charge is 2.10. The molecule has 0 amide bonds. The van der Waals surface area contributed by atoms with Gasteiger partial charge in [0.15, 0.2) is 16.6 Å². The van der Waals surface area contributed by atoms with Crippen LogP contribution in [-0.4, -0.2) is 31.6 Å². The molecule has 1 aromatic rings. The number of hydrogen-bond donors (Lipinski definition) is 2. The van der Waals surface area contributed by atoms with Crippen LogP contribution in [0.5, 0.6) is 11.5 Å². The molecule has 0 fully saturated rings. The lowest BCUT2D eigenvalue weighted by Crippen LogP contribution is -2.28. The van der Waals surface area contributed by atoms with Crippen molar-refractivity contribution in [2.24, 2.45) is 5.10 Å². The fourth-order valence-corrected chi connectivity index (χ4v) is 1.41. The van der Waals surface area contributed by atoms with Crippen molar-refractivity contribution in [1.82, 2.24) is 10.7 Å². The number of nitrogens with one attached hydrogen (secondary N) is 2. The van der Waals surface area contributed by atoms with Gasteiger partial charge in [0.2, 0.25) is 0 Å². The number of hydrogen-bond acceptors (Lipinski definition) is 4. The Labute approximate surface area is 105 Å². The molecular formula is C11H13N3O2S. The minimum absolute atomic E-state index is 0.471. The summed E-state index contributed by atoms with van der Waals surface area (Å²) in [4.78, 5) is 0. The second-order valence-corrected chi connectivity index (χ2v) is 3.76. The Kier molecular flexibility index (Phi) is 3.77. The van der Waals surface area contributed by atoms with Gasteiger partial charge in [-0.25, -0.2) is 0 Å². The van der Waals surface area contributed by atoms with Crippen molar-refractivity contribution >= 4 is 23.5 Å². The highest BCUT2D eigenvalue weighted by molar-refractivity contribution is 7.80. The smallest absolute Gasteiger partial charge is 0.186 e. The van der Waals surface area contributed by atoms with E-state index in [1.165, 1.54) is 0 Å². The molecule has 0 unspecified atom stereocenters. The summed E-state index contributed by atoms with van der Waals surface area (Å²) >= 11 is 4.89. The zero-order valence-corrected chi connectivity index (χ0v) is 10.2. The quantitative estimate of drug-likeness (QED) is 0.464. The summed E-state index contributed by atoms with van der Waals surface area (Å²) in [6.45, 7) is 1.17. The molecule has 0 atom stereocenters. The van der Waals surface area contributed by atoms with Gasteiger partial charge in [0.1, 0.15) is 13.2 Å². The molecule has 90 valence electrons. The lowest BCUT2D eigenvalue weighted by atomic mass is 10.2. The molecule has 5 nitrogen and oxygen atoms in total. The van der Waals surface area contributed by atoms with Crippen molar-refractivity contribution in [3.63, 3.8) is 0 Å². The number of ether oxygens (including phenoxy) is 2. The number of fused-ring (bicyclic) bond motifs is 1. The van der Waals surface area contributed by atoms with Crippen LogP contribution in [0, 0.1) is 0 Å². The maximum absolute atomic E-state index is 5.47. The van der Waals surface area contributed by atoms with Crippen LogP contribution in [-0.2, 0) is 0 Å². The van der Waals surface area contributed by atoms with Gasteiger partial charge in [0, 0.05) is 7.05 Å². The van der Waals surface area contributed by atoms with Gasteiger partial charge in [-0.15, -0.1) is 0 Å². The fourth-order valence-electron chi connectivity index (χ4n) is 1.36. The molecule has 1 aromatic carbocycles. The summed E-state index contributed by atoms with van der Waals surface area (Å²) in [5.74, 6) is 1.52. The number of nitrogens with zero attached hydrogens (tertiary/aromatic N) is 1. The van der Waals surface area contributed by atoms with Crippen LogP contribution in [0.4, 0.5) is 0 Å². The Morgan fingerprint density at radius 3 is 2.88 bits per heavy atom. The number of hydrazone groups is 1. The molecular weight excluding hydrogens is 238 g/mol. The normalized spacial score (nSPS) is 13.5. The molecule has 17 heavy (non-hydrogen) atoms. The van der Waals surface area contributed by atoms with E-state index in [1.807, 2.05) is 18.2 Å². The molecule has 0 radical (unpaired) electrons. The third kappa shape index (κ3) is 3.07. The van der Waals surface area contributed by atoms with Crippen LogP contribution in [0.3, 0.4) is 0 Å². The van der Waals surface area contributed by atoms with Crippen molar-refractivity contribution in [3.05, 3.63) is 23.8 Å². The molecule has 0 bridgehead atoms. The molecule has 1 heterocycles. The topological polar surface area (TPSA) is 54.9 Å². The molecule has 2 N–H and O–H groups in total. The van der Waals surface area contributed by atoms with Crippen molar-refractivity contribution in [1.29, 1.82) is 0 Å². The summed E-state index contributed by atoms with van der Waals surface area (Å²) in [5.41, 5.74) is 3.60. The van der Waals surface area contributed by atoms with Crippen molar-refractivity contribution in [2.45, 2.75) is 0 Å². The van der Waals surface area contributed by atoms with Gasteiger partial charge in [0.05, 0.1) is 6.21 Å². The van der Waals surface area contributed by atoms with Crippen molar-refractivity contribution < 1.29 is 9.47 Å². The first kappa shape index (κ1) is 11.7. The third-order valence-corrected chi connectivity index (χ3v) is 2.47. The molecule has 1 aliphatic rings. The van der Waals surface area contributed by atoms with Crippen LogP contribution >= 0.6 is 12.2 Å². The van der Waals surface area contributed by atoms with Crippen LogP contribution in [0.15, 0.2) is 23.3 Å². The maximum atomic E-state index is 5.47. The second kappa shape index (κ2) is 5.49. The highest BCUT2D eigenvalue weighted by atomic mass is 32.1. The minimum Gasteiger partial charge on any atom is -0.486 e. The average molecular weight is 251 g/mol. The van der Waals surface area contributed by atoms with Gasteiger partial charge in [-0.05, 0) is 36.0 Å². The molecule has 0 saturated carbocycles. The number of thiocarbonyl (C=S) groups is 1. The summed E-state index contributed by atoms with van der Waals surface area (Å²) in [7, 11) is 1.73. The highest BCUT2D eigenvalue weighted by Crippen LogP contribution is 2.30. The van der Waals surface area contributed by atoms with Gasteiger partial charge < -0.3 is 14.8 Å². The van der Waals surface area contributed by atoms with E-state index in [9.17, 15) is 0 Å². The Bertz CT molecular complexity index is 448. The van der Waals surface area contributed by atoms with Gasteiger partial charge >= 0.3 is 0 Å². The van der Waals surface area contributed by atoms with Gasteiger partial charge in [-0.2, -0.15) is 5.10 Å². The Hall–Kier alpha value is -1.82. The van der Waals surface area contributed by atoms with E-state index in [-0.39, 0.29) is 0 Å². The van der Waals surface area contributed by atoms with Crippen LogP contribution < -0.4 is 20.2 Å². The van der Waals surface area contributed by atoms with E-state index in [4.69, 9.17) is 21.7 Å². The predicted octanol–water partition coefficient (Wildman–Crippen LogP) is 0.886. The van der Waals surface area contributed by atoms with Crippen molar-refractivity contribution in [3.8, 4) is 11.5 Å². The maximum Gasteiger partial charge on any atom is 0.186 e. The molecule has 0 aliphatic carbocycles. The van der Waals surface area contributed by atoms with E-state index in [2.05, 4.69) is 15.8 Å². The Balaban J connectivity index is 2.04. The SMILES string of the molecule is CNC(=S)NN=Cc1ccc2c(c1)OCCO2. The third-order valence-electron chi connectivity index (χ3n) is 2.17. The second-order valence-electron chi connectivity index (χ2n) is 3.35. The number of rotatable bonds is 2. The monoisotopic (exact) mass is 251 g/mol. The van der Waals surface area contributed by atoms with E-state index in [1.54, 1.807) is 13.3 Å². The standard InChI is InChI=1S/C11H13N3O2S/c1-12-11(17)14-13-7-8-2-3-9-10(6-8)16-5-4-15-9/h2-3,6-7H,4-5H2,1H3,(H2,12,14,17). The van der Waals surface area contributed by atoms with E-state index < -0.39 is 0 Å². The first-order valence-electron chi connectivity index (χ1n) is 5.20. The predicted molar refractivity (Wildman–Crippen MR) is 69.8 cm³/mol. The first-order chi connectivity index (χ1) is 8.29. The minimum atomic E-state index is 0.471. The number of benzene rings is 1. The van der Waals surface area contributed by atoms with E-state index >= 15 is 0 Å². The Morgan fingerprint density at radius 1 is 1.35 bits per heavy atom. The van der Waals surface area contributed by atoms with Crippen LogP contribution in [0.2, 0.25) is 0 Å². The molecule has 1 aliphatic heterocycles. The largest absolute Gasteiger partial charge is 0.486 e. The zero-order valence-electron chi connectivity index (χ0n) is 9.40. The van der Waals surface area contributed by atoms with Gasteiger partial charge in [0.25, 0.3) is 0 Å². The molecule has 6 heteroatoms. The lowest BCUT2D eigenvalue weighted by Gasteiger charge is -2.18. The molecule has 0 spiro atoms. The van der Waals surface area contributed by atoms with Crippen LogP contribution in [0.1, 0.15) is 5.56 Å². The fraction of sp³-hybridized carbons (Fsp3) is 0.273. The molecule has 0 aromatic heterocycles. The zero-order chi connectivity index (χ0) is 12.1. The van der Waals surface area contributed by atoms with E-state index in [0.717, 1.165) is 17.1 Å². The lowest BCUT2D eigenvalue weighted by molar-refractivity contribution is 0.171. The summed E-state index contributed by atoms with van der Waals surface area (Å²) < 4.78 is 10.9.